The van der Waals surface area contributed by atoms with Crippen LogP contribution in [0.5, 0.6) is 5.75 Å². The van der Waals surface area contributed by atoms with Gasteiger partial charge in [-0.25, -0.2) is 5.43 Å². The minimum absolute atomic E-state index is 0.156. The first-order chi connectivity index (χ1) is 11.7. The third-order valence-corrected chi connectivity index (χ3v) is 3.72. The maximum Gasteiger partial charge on any atom is 0.277 e. The van der Waals surface area contributed by atoms with E-state index >= 15 is 0 Å². The van der Waals surface area contributed by atoms with Crippen molar-refractivity contribution in [3.8, 4) is 5.75 Å². The van der Waals surface area contributed by atoms with Gasteiger partial charge in [0.15, 0.2) is 6.61 Å². The zero-order chi connectivity index (χ0) is 16.8. The summed E-state index contributed by atoms with van der Waals surface area (Å²) in [6.45, 7) is -0.156. The number of hydrazone groups is 1. The van der Waals surface area contributed by atoms with Crippen LogP contribution in [-0.4, -0.2) is 18.7 Å². The summed E-state index contributed by atoms with van der Waals surface area (Å²) in [4.78, 5) is 11.8. The SMILES string of the molecule is O=C(COc1ccccc1Cl)N/N=C\c1cccc2ccccc12. The highest BCUT2D eigenvalue weighted by atomic mass is 35.5. The third kappa shape index (κ3) is 3.91. The summed E-state index contributed by atoms with van der Waals surface area (Å²) in [6.07, 6.45) is 1.62. The smallest absolute Gasteiger partial charge is 0.277 e. The average molecular weight is 339 g/mol. The predicted octanol–water partition coefficient (Wildman–Crippen LogP) is 4.02. The van der Waals surface area contributed by atoms with Crippen LogP contribution in [-0.2, 0) is 4.79 Å². The van der Waals surface area contributed by atoms with Gasteiger partial charge in [0, 0.05) is 5.56 Å². The standard InChI is InChI=1S/C19H15ClN2O2/c20-17-10-3-4-11-18(17)24-13-19(23)22-21-12-15-8-5-7-14-6-1-2-9-16(14)15/h1-12H,13H2,(H,22,23)/b21-12-. The average Bonchev–Trinajstić information content (AvgIpc) is 2.61. The predicted molar refractivity (Wildman–Crippen MR) is 96.6 cm³/mol. The molecular formula is C19H15ClN2O2. The van der Waals surface area contributed by atoms with E-state index in [9.17, 15) is 4.79 Å². The van der Waals surface area contributed by atoms with Gasteiger partial charge in [0.2, 0.25) is 0 Å². The molecule has 0 aromatic heterocycles. The molecule has 0 atom stereocenters. The largest absolute Gasteiger partial charge is 0.482 e. The molecule has 120 valence electrons. The van der Waals surface area contributed by atoms with Gasteiger partial charge in [-0.1, -0.05) is 66.2 Å². The van der Waals surface area contributed by atoms with Crippen LogP contribution < -0.4 is 10.2 Å². The number of nitrogens with zero attached hydrogens (tertiary/aromatic N) is 1. The van der Waals surface area contributed by atoms with Crippen LogP contribution in [0.4, 0.5) is 0 Å². The van der Waals surface area contributed by atoms with Crippen molar-refractivity contribution >= 4 is 34.5 Å². The van der Waals surface area contributed by atoms with E-state index in [-0.39, 0.29) is 12.5 Å². The second kappa shape index (κ2) is 7.62. The fourth-order valence-electron chi connectivity index (χ4n) is 2.27. The lowest BCUT2D eigenvalue weighted by Gasteiger charge is -2.06. The Morgan fingerprint density at radius 2 is 1.79 bits per heavy atom. The molecule has 1 N–H and O–H groups in total. The number of carbonyl (C=O) groups is 1. The summed E-state index contributed by atoms with van der Waals surface area (Å²) in [7, 11) is 0. The maximum absolute atomic E-state index is 11.8. The molecule has 0 saturated carbocycles. The van der Waals surface area contributed by atoms with Crippen LogP contribution in [0.3, 0.4) is 0 Å². The van der Waals surface area contributed by atoms with Crippen LogP contribution in [0.15, 0.2) is 71.8 Å². The highest BCUT2D eigenvalue weighted by molar-refractivity contribution is 6.32. The molecule has 5 heteroatoms. The van der Waals surface area contributed by atoms with Gasteiger partial charge < -0.3 is 4.74 Å². The van der Waals surface area contributed by atoms with E-state index in [4.69, 9.17) is 16.3 Å². The minimum Gasteiger partial charge on any atom is -0.482 e. The second-order valence-electron chi connectivity index (χ2n) is 5.08. The van der Waals surface area contributed by atoms with E-state index in [1.54, 1.807) is 30.5 Å². The van der Waals surface area contributed by atoms with E-state index in [2.05, 4.69) is 10.5 Å². The van der Waals surface area contributed by atoms with E-state index in [0.29, 0.717) is 10.8 Å². The van der Waals surface area contributed by atoms with Crippen molar-refractivity contribution in [1.29, 1.82) is 0 Å². The van der Waals surface area contributed by atoms with Crippen LogP contribution in [0.1, 0.15) is 5.56 Å². The van der Waals surface area contributed by atoms with Gasteiger partial charge in [0.25, 0.3) is 5.91 Å². The van der Waals surface area contributed by atoms with E-state index in [0.717, 1.165) is 16.3 Å². The summed E-state index contributed by atoms with van der Waals surface area (Å²) in [5.74, 6) is 0.110. The summed E-state index contributed by atoms with van der Waals surface area (Å²) < 4.78 is 5.35. The number of rotatable bonds is 5. The molecule has 1 amide bonds. The number of nitrogens with one attached hydrogen (secondary N) is 1. The van der Waals surface area contributed by atoms with Gasteiger partial charge in [-0.15, -0.1) is 0 Å². The first kappa shape index (κ1) is 16.0. The van der Waals surface area contributed by atoms with Crippen molar-refractivity contribution in [3.63, 3.8) is 0 Å². The topological polar surface area (TPSA) is 50.7 Å². The Hall–Kier alpha value is -2.85. The molecule has 0 saturated heterocycles. The molecule has 0 unspecified atom stereocenters. The van der Waals surface area contributed by atoms with Crippen LogP contribution in [0.2, 0.25) is 5.02 Å². The summed E-state index contributed by atoms with van der Waals surface area (Å²) >= 11 is 5.96. The van der Waals surface area contributed by atoms with Gasteiger partial charge in [-0.2, -0.15) is 5.10 Å². The molecule has 24 heavy (non-hydrogen) atoms. The van der Waals surface area contributed by atoms with Crippen molar-refractivity contribution in [2.24, 2.45) is 5.10 Å². The Morgan fingerprint density at radius 3 is 2.67 bits per heavy atom. The molecule has 3 aromatic carbocycles. The number of hydrogen-bond donors (Lipinski definition) is 1. The van der Waals surface area contributed by atoms with Gasteiger partial charge in [-0.3, -0.25) is 4.79 Å². The number of halogens is 1. The quantitative estimate of drug-likeness (QED) is 0.564. The highest BCUT2D eigenvalue weighted by Gasteiger charge is 2.04. The molecular weight excluding hydrogens is 324 g/mol. The molecule has 0 aliphatic carbocycles. The minimum atomic E-state index is -0.355. The Kier molecular flexibility index (Phi) is 5.08. The molecule has 0 aliphatic heterocycles. The second-order valence-corrected chi connectivity index (χ2v) is 5.49. The molecule has 0 spiro atoms. The van der Waals surface area contributed by atoms with E-state index in [1.165, 1.54) is 0 Å². The van der Waals surface area contributed by atoms with Gasteiger partial charge >= 0.3 is 0 Å². The monoisotopic (exact) mass is 338 g/mol. The molecule has 0 aliphatic rings. The lowest BCUT2D eigenvalue weighted by atomic mass is 10.1. The van der Waals surface area contributed by atoms with E-state index < -0.39 is 0 Å². The van der Waals surface area contributed by atoms with E-state index in [1.807, 2.05) is 42.5 Å². The lowest BCUT2D eigenvalue weighted by Crippen LogP contribution is -2.24. The summed E-state index contributed by atoms with van der Waals surface area (Å²) in [5.41, 5.74) is 3.38. The van der Waals surface area contributed by atoms with Crippen molar-refractivity contribution in [3.05, 3.63) is 77.3 Å². The third-order valence-electron chi connectivity index (χ3n) is 3.41. The lowest BCUT2D eigenvalue weighted by molar-refractivity contribution is -0.123. The van der Waals surface area contributed by atoms with Gasteiger partial charge in [0.05, 0.1) is 11.2 Å². The molecule has 0 heterocycles. The summed E-state index contributed by atoms with van der Waals surface area (Å²) in [6, 6.07) is 20.9. The van der Waals surface area contributed by atoms with Crippen molar-refractivity contribution in [1.82, 2.24) is 5.43 Å². The fraction of sp³-hybridized carbons (Fsp3) is 0.0526. The van der Waals surface area contributed by atoms with Gasteiger partial charge in [-0.05, 0) is 22.9 Å². The van der Waals surface area contributed by atoms with Crippen LogP contribution in [0.25, 0.3) is 10.8 Å². The highest BCUT2D eigenvalue weighted by Crippen LogP contribution is 2.22. The Balaban J connectivity index is 1.59. The van der Waals surface area contributed by atoms with Crippen molar-refractivity contribution < 1.29 is 9.53 Å². The Morgan fingerprint density at radius 1 is 1.04 bits per heavy atom. The molecule has 3 rings (SSSR count). The zero-order valence-corrected chi connectivity index (χ0v) is 13.5. The molecule has 0 radical (unpaired) electrons. The van der Waals surface area contributed by atoms with Gasteiger partial charge in [0.1, 0.15) is 5.75 Å². The molecule has 3 aromatic rings. The number of fused-ring (bicyclic) bond motifs is 1. The number of hydrogen-bond acceptors (Lipinski definition) is 3. The Bertz CT molecular complexity index is 888. The number of carbonyl (C=O) groups excluding carboxylic acids is 1. The van der Waals surface area contributed by atoms with Crippen molar-refractivity contribution in [2.45, 2.75) is 0 Å². The summed E-state index contributed by atoms with van der Waals surface area (Å²) in [5, 5.41) is 6.65. The normalized spacial score (nSPS) is 10.9. The van der Waals surface area contributed by atoms with Crippen LogP contribution in [0, 0.1) is 0 Å². The van der Waals surface area contributed by atoms with Crippen molar-refractivity contribution in [2.75, 3.05) is 6.61 Å². The molecule has 0 bridgehead atoms. The van der Waals surface area contributed by atoms with Crippen LogP contribution >= 0.6 is 11.6 Å². The molecule has 0 fully saturated rings. The zero-order valence-electron chi connectivity index (χ0n) is 12.8. The first-order valence-corrected chi connectivity index (χ1v) is 7.79. The number of ether oxygens (including phenoxy) is 1. The number of amides is 1. The number of para-hydroxylation sites is 1. The number of benzene rings is 3. The fourth-order valence-corrected chi connectivity index (χ4v) is 2.46. The molecule has 4 nitrogen and oxygen atoms in total. The maximum atomic E-state index is 11.8. The Labute approximate surface area is 144 Å². The first-order valence-electron chi connectivity index (χ1n) is 7.41.